The van der Waals surface area contributed by atoms with Gasteiger partial charge in [-0.25, -0.2) is 0 Å². The number of hydrogen-bond acceptors (Lipinski definition) is 3. The first kappa shape index (κ1) is 14.0. The maximum absolute atomic E-state index is 12.2. The van der Waals surface area contributed by atoms with Gasteiger partial charge in [0.1, 0.15) is 6.10 Å². The fourth-order valence-corrected chi connectivity index (χ4v) is 1.89. The van der Waals surface area contributed by atoms with Gasteiger partial charge in [0.15, 0.2) is 0 Å². The molecule has 2 atom stereocenters. The lowest BCUT2D eigenvalue weighted by Gasteiger charge is -2.30. The summed E-state index contributed by atoms with van der Waals surface area (Å²) < 4.78 is 5.35. The summed E-state index contributed by atoms with van der Waals surface area (Å²) in [5, 5.41) is 8.89. The Balaban J connectivity index is 2.64. The van der Waals surface area contributed by atoms with Crippen molar-refractivity contribution in [3.05, 3.63) is 0 Å². The molecular formula is C12H21NO4. The molecule has 17 heavy (non-hydrogen) atoms. The summed E-state index contributed by atoms with van der Waals surface area (Å²) in [6, 6.07) is -0.00602. The van der Waals surface area contributed by atoms with Crippen LogP contribution in [0.2, 0.25) is 0 Å². The third kappa shape index (κ3) is 3.70. The van der Waals surface area contributed by atoms with Gasteiger partial charge >= 0.3 is 5.97 Å². The quantitative estimate of drug-likeness (QED) is 0.785. The molecule has 1 saturated heterocycles. The Labute approximate surface area is 102 Å². The molecule has 5 nitrogen and oxygen atoms in total. The van der Waals surface area contributed by atoms with Gasteiger partial charge in [0.05, 0.1) is 5.92 Å². The van der Waals surface area contributed by atoms with E-state index in [-0.39, 0.29) is 24.6 Å². The number of carboxylic acids is 1. The van der Waals surface area contributed by atoms with Crippen LogP contribution in [0.25, 0.3) is 0 Å². The van der Waals surface area contributed by atoms with E-state index in [1.165, 1.54) is 0 Å². The van der Waals surface area contributed by atoms with Gasteiger partial charge in [0.2, 0.25) is 0 Å². The second kappa shape index (κ2) is 6.00. The van der Waals surface area contributed by atoms with E-state index >= 15 is 0 Å². The zero-order valence-corrected chi connectivity index (χ0v) is 10.7. The number of rotatable bonds is 5. The summed E-state index contributed by atoms with van der Waals surface area (Å²) in [5.74, 6) is -1.51. The van der Waals surface area contributed by atoms with Gasteiger partial charge < -0.3 is 14.7 Å². The van der Waals surface area contributed by atoms with Crippen molar-refractivity contribution in [1.82, 2.24) is 4.90 Å². The highest BCUT2D eigenvalue weighted by molar-refractivity contribution is 5.82. The minimum absolute atomic E-state index is 0.00602. The van der Waals surface area contributed by atoms with Crippen LogP contribution in [-0.4, -0.2) is 47.2 Å². The Morgan fingerprint density at radius 1 is 1.41 bits per heavy atom. The third-order valence-corrected chi connectivity index (χ3v) is 3.00. The number of carbonyl (C=O) groups is 2. The molecule has 98 valence electrons. The predicted molar refractivity (Wildman–Crippen MR) is 62.6 cm³/mol. The highest BCUT2D eigenvalue weighted by Crippen LogP contribution is 2.17. The lowest BCUT2D eigenvalue weighted by atomic mass is 10.1. The van der Waals surface area contributed by atoms with Gasteiger partial charge in [0, 0.05) is 19.2 Å². The fourth-order valence-electron chi connectivity index (χ4n) is 1.89. The average Bonchev–Trinajstić information content (AvgIpc) is 2.77. The van der Waals surface area contributed by atoms with Crippen molar-refractivity contribution in [2.45, 2.75) is 45.8 Å². The largest absolute Gasteiger partial charge is 0.481 e. The summed E-state index contributed by atoms with van der Waals surface area (Å²) in [5.41, 5.74) is 0. The third-order valence-electron chi connectivity index (χ3n) is 3.00. The lowest BCUT2D eigenvalue weighted by molar-refractivity contribution is -0.147. The summed E-state index contributed by atoms with van der Waals surface area (Å²) in [6.07, 6.45) is 1.26. The van der Waals surface area contributed by atoms with Crippen molar-refractivity contribution in [3.63, 3.8) is 0 Å². The number of nitrogens with zero attached hydrogens (tertiary/aromatic N) is 1. The van der Waals surface area contributed by atoms with Crippen molar-refractivity contribution in [3.8, 4) is 0 Å². The van der Waals surface area contributed by atoms with Crippen molar-refractivity contribution < 1.29 is 19.4 Å². The van der Waals surface area contributed by atoms with Crippen molar-refractivity contribution in [2.75, 3.05) is 13.2 Å². The number of amides is 1. The van der Waals surface area contributed by atoms with E-state index in [2.05, 4.69) is 0 Å². The molecule has 1 aliphatic heterocycles. The van der Waals surface area contributed by atoms with Gasteiger partial charge in [0.25, 0.3) is 5.91 Å². The van der Waals surface area contributed by atoms with Crippen molar-refractivity contribution >= 4 is 11.9 Å². The Kier molecular flexibility index (Phi) is 4.93. The lowest BCUT2D eigenvalue weighted by Crippen LogP contribution is -2.46. The molecule has 5 heteroatoms. The van der Waals surface area contributed by atoms with E-state index in [1.807, 2.05) is 13.8 Å². The Morgan fingerprint density at radius 2 is 2.06 bits per heavy atom. The standard InChI is InChI=1S/C12H21NO4/c1-8(2)13(7-9(3)12(15)16)11(14)10-5-4-6-17-10/h8-10H,4-7H2,1-3H3,(H,15,16). The molecule has 1 rings (SSSR count). The Morgan fingerprint density at radius 3 is 2.47 bits per heavy atom. The predicted octanol–water partition coefficient (Wildman–Crippen LogP) is 1.12. The first-order valence-electron chi connectivity index (χ1n) is 6.08. The zero-order valence-electron chi connectivity index (χ0n) is 10.7. The summed E-state index contributed by atoms with van der Waals surface area (Å²) >= 11 is 0. The smallest absolute Gasteiger partial charge is 0.308 e. The molecule has 1 heterocycles. The number of ether oxygens (including phenoxy) is 1. The zero-order chi connectivity index (χ0) is 13.0. The van der Waals surface area contributed by atoms with Gasteiger partial charge in [-0.15, -0.1) is 0 Å². The molecule has 1 fully saturated rings. The van der Waals surface area contributed by atoms with E-state index in [1.54, 1.807) is 11.8 Å². The Bertz CT molecular complexity index is 284. The fraction of sp³-hybridized carbons (Fsp3) is 0.833. The molecule has 0 spiro atoms. The number of carboxylic acid groups (broad SMARTS) is 1. The van der Waals surface area contributed by atoms with Crippen molar-refractivity contribution in [1.29, 1.82) is 0 Å². The van der Waals surface area contributed by atoms with Crippen LogP contribution in [0.3, 0.4) is 0 Å². The monoisotopic (exact) mass is 243 g/mol. The van der Waals surface area contributed by atoms with Crippen LogP contribution >= 0.6 is 0 Å². The molecule has 0 bridgehead atoms. The number of hydrogen-bond donors (Lipinski definition) is 1. The second-order valence-corrected chi connectivity index (χ2v) is 4.83. The van der Waals surface area contributed by atoms with Crippen LogP contribution in [-0.2, 0) is 14.3 Å². The molecule has 0 aromatic carbocycles. The molecule has 0 aliphatic carbocycles. The van der Waals surface area contributed by atoms with Crippen LogP contribution in [0.15, 0.2) is 0 Å². The number of carbonyl (C=O) groups excluding carboxylic acids is 1. The van der Waals surface area contributed by atoms with Crippen molar-refractivity contribution in [2.24, 2.45) is 5.92 Å². The Hall–Kier alpha value is -1.10. The molecule has 0 radical (unpaired) electrons. The molecule has 1 amide bonds. The van der Waals surface area contributed by atoms with Gasteiger partial charge in [-0.1, -0.05) is 6.92 Å². The SMILES string of the molecule is CC(CN(C(=O)C1CCCO1)C(C)C)C(=O)O. The minimum Gasteiger partial charge on any atom is -0.481 e. The van der Waals surface area contributed by atoms with Gasteiger partial charge in [-0.05, 0) is 26.7 Å². The minimum atomic E-state index is -0.879. The molecule has 2 unspecified atom stereocenters. The molecular weight excluding hydrogens is 222 g/mol. The molecule has 0 aromatic rings. The molecule has 1 N–H and O–H groups in total. The van der Waals surface area contributed by atoms with Crippen LogP contribution in [0.4, 0.5) is 0 Å². The van der Waals surface area contributed by atoms with Crippen LogP contribution in [0, 0.1) is 5.92 Å². The molecule has 0 saturated carbocycles. The van der Waals surface area contributed by atoms with Crippen LogP contribution < -0.4 is 0 Å². The molecule has 1 aliphatic rings. The maximum Gasteiger partial charge on any atom is 0.308 e. The van der Waals surface area contributed by atoms with Crippen LogP contribution in [0.5, 0.6) is 0 Å². The first-order valence-corrected chi connectivity index (χ1v) is 6.08. The first-order chi connectivity index (χ1) is 7.93. The normalized spacial score (nSPS) is 21.5. The van der Waals surface area contributed by atoms with E-state index < -0.39 is 11.9 Å². The highest BCUT2D eigenvalue weighted by atomic mass is 16.5. The molecule has 0 aromatic heterocycles. The van der Waals surface area contributed by atoms with Gasteiger partial charge in [-0.2, -0.15) is 0 Å². The topological polar surface area (TPSA) is 66.8 Å². The average molecular weight is 243 g/mol. The van der Waals surface area contributed by atoms with Gasteiger partial charge in [-0.3, -0.25) is 9.59 Å². The van der Waals surface area contributed by atoms with E-state index in [0.29, 0.717) is 6.61 Å². The second-order valence-electron chi connectivity index (χ2n) is 4.83. The highest BCUT2D eigenvalue weighted by Gasteiger charge is 2.31. The van der Waals surface area contributed by atoms with E-state index in [9.17, 15) is 9.59 Å². The summed E-state index contributed by atoms with van der Waals surface area (Å²) in [4.78, 5) is 24.6. The summed E-state index contributed by atoms with van der Waals surface area (Å²) in [6.45, 7) is 6.26. The van der Waals surface area contributed by atoms with Crippen LogP contribution in [0.1, 0.15) is 33.6 Å². The summed E-state index contributed by atoms with van der Waals surface area (Å²) in [7, 11) is 0. The maximum atomic E-state index is 12.2. The van der Waals surface area contributed by atoms with E-state index in [0.717, 1.165) is 12.8 Å². The number of aliphatic carboxylic acids is 1. The van der Waals surface area contributed by atoms with E-state index in [4.69, 9.17) is 9.84 Å².